The maximum Gasteiger partial charge on any atom is 0.432 e. The number of piperidine rings is 1. The Morgan fingerprint density at radius 3 is 2.64 bits per heavy atom. The molecule has 0 spiro atoms. The van der Waals surface area contributed by atoms with E-state index in [0.717, 1.165) is 23.1 Å². The predicted molar refractivity (Wildman–Crippen MR) is 96.6 cm³/mol. The van der Waals surface area contributed by atoms with Gasteiger partial charge in [-0.25, -0.2) is 9.97 Å². The number of carbonyl (C=O) groups excluding carboxylic acids is 1. The van der Waals surface area contributed by atoms with E-state index in [2.05, 4.69) is 15.0 Å². The van der Waals surface area contributed by atoms with E-state index in [1.165, 1.54) is 0 Å². The minimum atomic E-state index is -4.42. The van der Waals surface area contributed by atoms with E-state index in [4.69, 9.17) is 0 Å². The van der Waals surface area contributed by atoms with Crippen molar-refractivity contribution >= 4 is 16.9 Å². The summed E-state index contributed by atoms with van der Waals surface area (Å²) in [6.45, 7) is 3.07. The molecule has 0 saturated carbocycles. The lowest BCUT2D eigenvalue weighted by Crippen LogP contribution is -2.40. The van der Waals surface area contributed by atoms with Crippen LogP contribution in [0.2, 0.25) is 0 Å². The molecular weight excluding hydrogens is 371 g/mol. The zero-order valence-corrected chi connectivity index (χ0v) is 15.3. The number of aromatic amines is 1. The fourth-order valence-corrected chi connectivity index (χ4v) is 3.72. The van der Waals surface area contributed by atoms with Gasteiger partial charge in [0.15, 0.2) is 0 Å². The Hall–Kier alpha value is -2.84. The van der Waals surface area contributed by atoms with Crippen LogP contribution in [0.4, 0.5) is 13.2 Å². The second kappa shape index (κ2) is 6.96. The van der Waals surface area contributed by atoms with Crippen molar-refractivity contribution in [2.75, 3.05) is 13.1 Å². The van der Waals surface area contributed by atoms with Crippen molar-refractivity contribution in [3.63, 3.8) is 0 Å². The van der Waals surface area contributed by atoms with Gasteiger partial charge in [0, 0.05) is 19.0 Å². The normalized spacial score (nSPS) is 16.1. The third-order valence-electron chi connectivity index (χ3n) is 5.27. The zero-order chi connectivity index (χ0) is 19.9. The molecule has 6 nitrogen and oxygen atoms in total. The van der Waals surface area contributed by atoms with Crippen molar-refractivity contribution < 1.29 is 18.0 Å². The topological polar surface area (TPSA) is 66.8 Å². The fraction of sp³-hybridized carbons (Fsp3) is 0.421. The molecule has 0 atom stereocenters. The predicted octanol–water partition coefficient (Wildman–Crippen LogP) is 3.49. The smallest absolute Gasteiger partial charge is 0.341 e. The average Bonchev–Trinajstić information content (AvgIpc) is 3.27. The van der Waals surface area contributed by atoms with Crippen LogP contribution in [0.5, 0.6) is 0 Å². The zero-order valence-electron chi connectivity index (χ0n) is 15.3. The van der Waals surface area contributed by atoms with Gasteiger partial charge in [0.1, 0.15) is 23.9 Å². The number of likely N-dealkylation sites (tertiary alicyclic amines) is 1. The standard InChI is InChI=1S/C19H20F3N5O/c1-12-24-14-4-2-3-5-15(14)27(12)11-17(28)26-8-6-13(7-9-26)18-23-10-16(25-18)19(20,21)22/h2-5,10,13H,6-9,11H2,1H3,(H,23,25). The summed E-state index contributed by atoms with van der Waals surface area (Å²) in [4.78, 5) is 25.3. The van der Waals surface area contributed by atoms with Crippen molar-refractivity contribution in [1.82, 2.24) is 24.4 Å². The van der Waals surface area contributed by atoms with Gasteiger partial charge < -0.3 is 14.5 Å². The molecule has 1 amide bonds. The third kappa shape index (κ3) is 3.48. The number of hydrogen-bond donors (Lipinski definition) is 1. The average molecular weight is 391 g/mol. The minimum absolute atomic E-state index is 0.0138. The molecule has 1 saturated heterocycles. The number of nitrogens with one attached hydrogen (secondary N) is 1. The Labute approximate surface area is 159 Å². The van der Waals surface area contributed by atoms with Crippen LogP contribution in [0.1, 0.15) is 36.1 Å². The number of nitrogens with zero attached hydrogens (tertiary/aromatic N) is 4. The SMILES string of the molecule is Cc1nc2ccccc2n1CC(=O)N1CCC(c2ncc(C(F)(F)F)[nH]2)CC1. The summed E-state index contributed by atoms with van der Waals surface area (Å²) in [5.74, 6) is 1.01. The van der Waals surface area contributed by atoms with Crippen molar-refractivity contribution in [1.29, 1.82) is 0 Å². The molecular formula is C19H20F3N5O. The molecule has 0 bridgehead atoms. The molecule has 3 aromatic rings. The van der Waals surface area contributed by atoms with Crippen LogP contribution in [0.3, 0.4) is 0 Å². The first kappa shape index (κ1) is 18.5. The summed E-state index contributed by atoms with van der Waals surface area (Å²) in [6, 6.07) is 7.66. The van der Waals surface area contributed by atoms with Gasteiger partial charge in [-0.05, 0) is 31.9 Å². The van der Waals surface area contributed by atoms with Crippen LogP contribution in [0, 0.1) is 6.92 Å². The van der Waals surface area contributed by atoms with Gasteiger partial charge >= 0.3 is 6.18 Å². The molecule has 3 heterocycles. The van der Waals surface area contributed by atoms with E-state index >= 15 is 0 Å². The quantitative estimate of drug-likeness (QED) is 0.743. The lowest BCUT2D eigenvalue weighted by atomic mass is 9.96. The molecule has 148 valence electrons. The highest BCUT2D eigenvalue weighted by molar-refractivity contribution is 5.81. The lowest BCUT2D eigenvalue weighted by molar-refractivity contribution is -0.141. The second-order valence-corrected chi connectivity index (χ2v) is 7.07. The maximum atomic E-state index is 12.7. The molecule has 0 radical (unpaired) electrons. The number of carbonyl (C=O) groups is 1. The summed E-state index contributed by atoms with van der Waals surface area (Å²) < 4.78 is 40.1. The molecule has 28 heavy (non-hydrogen) atoms. The molecule has 1 fully saturated rings. The van der Waals surface area contributed by atoms with E-state index in [-0.39, 0.29) is 18.4 Å². The van der Waals surface area contributed by atoms with Crippen LogP contribution in [-0.2, 0) is 17.5 Å². The van der Waals surface area contributed by atoms with E-state index < -0.39 is 11.9 Å². The number of alkyl halides is 3. The van der Waals surface area contributed by atoms with Crippen LogP contribution in [0.15, 0.2) is 30.5 Å². The van der Waals surface area contributed by atoms with Gasteiger partial charge in [-0.3, -0.25) is 4.79 Å². The first-order valence-corrected chi connectivity index (χ1v) is 9.14. The van der Waals surface area contributed by atoms with Crippen molar-refractivity contribution in [3.05, 3.63) is 47.8 Å². The van der Waals surface area contributed by atoms with E-state index in [1.54, 1.807) is 4.90 Å². The highest BCUT2D eigenvalue weighted by atomic mass is 19.4. The monoisotopic (exact) mass is 391 g/mol. The first-order chi connectivity index (χ1) is 13.3. The van der Waals surface area contributed by atoms with E-state index in [9.17, 15) is 18.0 Å². The number of aryl methyl sites for hydroxylation is 1. The van der Waals surface area contributed by atoms with E-state index in [0.29, 0.717) is 31.8 Å². The summed E-state index contributed by atoms with van der Waals surface area (Å²) in [6.07, 6.45) is -2.42. The number of fused-ring (bicyclic) bond motifs is 1. The largest absolute Gasteiger partial charge is 0.432 e. The number of aromatic nitrogens is 4. The fourth-order valence-electron chi connectivity index (χ4n) is 3.72. The third-order valence-corrected chi connectivity index (χ3v) is 5.27. The Morgan fingerprint density at radius 1 is 1.25 bits per heavy atom. The number of benzene rings is 1. The van der Waals surface area contributed by atoms with Crippen molar-refractivity contribution in [3.8, 4) is 0 Å². The second-order valence-electron chi connectivity index (χ2n) is 7.07. The van der Waals surface area contributed by atoms with Crippen molar-refractivity contribution in [2.45, 2.75) is 38.4 Å². The minimum Gasteiger partial charge on any atom is -0.341 e. The molecule has 0 unspecified atom stereocenters. The van der Waals surface area contributed by atoms with Crippen molar-refractivity contribution in [2.24, 2.45) is 0 Å². The molecule has 4 rings (SSSR count). The summed E-state index contributed by atoms with van der Waals surface area (Å²) in [7, 11) is 0. The molecule has 9 heteroatoms. The van der Waals surface area contributed by atoms with Crippen LogP contribution in [-0.4, -0.2) is 43.4 Å². The Kier molecular flexibility index (Phi) is 4.60. The van der Waals surface area contributed by atoms with Gasteiger partial charge in [-0.1, -0.05) is 12.1 Å². The van der Waals surface area contributed by atoms with Gasteiger partial charge in [0.25, 0.3) is 0 Å². The molecule has 2 aromatic heterocycles. The van der Waals surface area contributed by atoms with Gasteiger partial charge in [0.05, 0.1) is 17.2 Å². The number of hydrogen-bond acceptors (Lipinski definition) is 3. The number of halogens is 3. The number of para-hydroxylation sites is 2. The Balaban J connectivity index is 1.40. The first-order valence-electron chi connectivity index (χ1n) is 9.14. The molecule has 1 aliphatic heterocycles. The highest BCUT2D eigenvalue weighted by Gasteiger charge is 2.34. The number of imidazole rings is 2. The lowest BCUT2D eigenvalue weighted by Gasteiger charge is -2.31. The van der Waals surface area contributed by atoms with Gasteiger partial charge in [-0.2, -0.15) is 13.2 Å². The Bertz CT molecular complexity index is 999. The molecule has 1 N–H and O–H groups in total. The molecule has 1 aromatic carbocycles. The summed E-state index contributed by atoms with van der Waals surface area (Å²) >= 11 is 0. The maximum absolute atomic E-state index is 12.7. The number of H-pyrrole nitrogens is 1. The summed E-state index contributed by atoms with van der Waals surface area (Å²) in [5, 5.41) is 0. The van der Waals surface area contributed by atoms with Crippen LogP contribution in [0.25, 0.3) is 11.0 Å². The number of amides is 1. The molecule has 1 aliphatic rings. The van der Waals surface area contributed by atoms with Crippen LogP contribution >= 0.6 is 0 Å². The Morgan fingerprint density at radius 2 is 1.96 bits per heavy atom. The van der Waals surface area contributed by atoms with Gasteiger partial charge in [-0.15, -0.1) is 0 Å². The van der Waals surface area contributed by atoms with E-state index in [1.807, 2.05) is 35.8 Å². The highest BCUT2D eigenvalue weighted by Crippen LogP contribution is 2.31. The number of rotatable bonds is 3. The van der Waals surface area contributed by atoms with Gasteiger partial charge in [0.2, 0.25) is 5.91 Å². The van der Waals surface area contributed by atoms with Crippen LogP contribution < -0.4 is 0 Å². The molecule has 0 aliphatic carbocycles. The summed E-state index contributed by atoms with van der Waals surface area (Å²) in [5.41, 5.74) is 0.937.